The molecule has 0 bridgehead atoms. The summed E-state index contributed by atoms with van der Waals surface area (Å²) >= 11 is 0. The number of nitrogens with zero attached hydrogens (tertiary/aromatic N) is 3. The lowest BCUT2D eigenvalue weighted by Crippen LogP contribution is -2.35. The normalized spacial score (nSPS) is 17.2. The van der Waals surface area contributed by atoms with Crippen LogP contribution in [0.25, 0.3) is 0 Å². The van der Waals surface area contributed by atoms with Crippen molar-refractivity contribution in [3.8, 4) is 0 Å². The molecule has 2 rings (SSSR count). The summed E-state index contributed by atoms with van der Waals surface area (Å²) in [5, 5.41) is 4.58. The average molecular weight is 264 g/mol. The third-order valence-corrected chi connectivity index (χ3v) is 4.32. The molecular weight excluding hydrogens is 236 g/mol. The summed E-state index contributed by atoms with van der Waals surface area (Å²) in [6, 6.07) is 0. The van der Waals surface area contributed by atoms with Gasteiger partial charge in [-0.1, -0.05) is 19.8 Å². The molecule has 0 spiro atoms. The maximum absolute atomic E-state index is 5.74. The van der Waals surface area contributed by atoms with E-state index in [9.17, 15) is 0 Å². The van der Waals surface area contributed by atoms with Crippen LogP contribution < -0.4 is 10.6 Å². The maximum atomic E-state index is 5.74. The third kappa shape index (κ3) is 3.11. The van der Waals surface area contributed by atoms with Crippen LogP contribution in [0, 0.1) is 12.8 Å². The second kappa shape index (κ2) is 6.42. The van der Waals surface area contributed by atoms with E-state index in [0.717, 1.165) is 18.0 Å². The molecule has 0 radical (unpaired) electrons. The van der Waals surface area contributed by atoms with E-state index >= 15 is 0 Å². The molecule has 1 aromatic rings. The maximum Gasteiger partial charge on any atom is 0.130 e. The first-order chi connectivity index (χ1) is 9.17. The molecule has 1 fully saturated rings. The van der Waals surface area contributed by atoms with Gasteiger partial charge in [0.1, 0.15) is 5.82 Å². The van der Waals surface area contributed by atoms with Gasteiger partial charge in [-0.3, -0.25) is 4.68 Å². The van der Waals surface area contributed by atoms with Crippen LogP contribution in [0.5, 0.6) is 0 Å². The van der Waals surface area contributed by atoms with Crippen LogP contribution in [-0.4, -0.2) is 29.4 Å². The lowest BCUT2D eigenvalue weighted by atomic mass is 9.92. The van der Waals surface area contributed by atoms with Crippen molar-refractivity contribution in [3.05, 3.63) is 11.3 Å². The summed E-state index contributed by atoms with van der Waals surface area (Å²) in [5.41, 5.74) is 8.23. The van der Waals surface area contributed by atoms with Gasteiger partial charge in [0.15, 0.2) is 0 Å². The Morgan fingerprint density at radius 2 is 2.00 bits per heavy atom. The monoisotopic (exact) mass is 264 g/mol. The van der Waals surface area contributed by atoms with E-state index in [1.54, 1.807) is 0 Å². The Hall–Kier alpha value is -1.03. The minimum Gasteiger partial charge on any atom is -0.357 e. The molecule has 0 atom stereocenters. The molecular formula is C15H28N4. The fraction of sp³-hybridized carbons (Fsp3) is 0.800. The third-order valence-electron chi connectivity index (χ3n) is 4.32. The highest BCUT2D eigenvalue weighted by Gasteiger charge is 2.24. The molecule has 2 N–H and O–H groups in total. The summed E-state index contributed by atoms with van der Waals surface area (Å²) in [6.07, 6.45) is 6.27. The van der Waals surface area contributed by atoms with E-state index < -0.39 is 0 Å². The van der Waals surface area contributed by atoms with Crippen molar-refractivity contribution in [2.24, 2.45) is 18.7 Å². The number of hydrogen-bond acceptors (Lipinski definition) is 3. The fourth-order valence-electron chi connectivity index (χ4n) is 3.36. The molecule has 4 nitrogen and oxygen atoms in total. The largest absolute Gasteiger partial charge is 0.357 e. The second-order valence-corrected chi connectivity index (χ2v) is 5.77. The Kier molecular flexibility index (Phi) is 4.86. The summed E-state index contributed by atoms with van der Waals surface area (Å²) in [5.74, 6) is 2.23. The SMILES string of the molecule is CCCC1CCN(c2c(CCN)c(C)nn2C)CC1. The van der Waals surface area contributed by atoms with Gasteiger partial charge in [-0.15, -0.1) is 0 Å². The summed E-state index contributed by atoms with van der Waals surface area (Å²) in [6.45, 7) is 7.42. The number of anilines is 1. The smallest absolute Gasteiger partial charge is 0.130 e. The molecule has 4 heteroatoms. The predicted molar refractivity (Wildman–Crippen MR) is 80.5 cm³/mol. The van der Waals surface area contributed by atoms with Gasteiger partial charge >= 0.3 is 0 Å². The Labute approximate surface area is 117 Å². The van der Waals surface area contributed by atoms with Crippen LogP contribution in [-0.2, 0) is 13.5 Å². The Balaban J connectivity index is 2.10. The number of aromatic nitrogens is 2. The van der Waals surface area contributed by atoms with Crippen LogP contribution in [0.4, 0.5) is 5.82 Å². The van der Waals surface area contributed by atoms with Gasteiger partial charge in [-0.2, -0.15) is 5.10 Å². The van der Waals surface area contributed by atoms with E-state index in [1.807, 2.05) is 4.68 Å². The molecule has 0 unspecified atom stereocenters. The lowest BCUT2D eigenvalue weighted by Gasteiger charge is -2.34. The number of aryl methyl sites for hydroxylation is 2. The van der Waals surface area contributed by atoms with E-state index in [-0.39, 0.29) is 0 Å². The number of piperidine rings is 1. The summed E-state index contributed by atoms with van der Waals surface area (Å²) in [7, 11) is 2.06. The standard InChI is InChI=1S/C15H28N4/c1-4-5-13-7-10-19(11-8-13)15-14(6-9-16)12(2)17-18(15)3/h13H,4-11,16H2,1-3H3. The van der Waals surface area contributed by atoms with E-state index in [4.69, 9.17) is 5.73 Å². The van der Waals surface area contributed by atoms with Crippen molar-refractivity contribution in [2.75, 3.05) is 24.5 Å². The second-order valence-electron chi connectivity index (χ2n) is 5.77. The van der Waals surface area contributed by atoms with Crippen molar-refractivity contribution in [1.82, 2.24) is 9.78 Å². The number of rotatable bonds is 5. The lowest BCUT2D eigenvalue weighted by molar-refractivity contribution is 0.375. The van der Waals surface area contributed by atoms with Gasteiger partial charge in [0, 0.05) is 25.7 Å². The van der Waals surface area contributed by atoms with Crippen LogP contribution >= 0.6 is 0 Å². The fourth-order valence-corrected chi connectivity index (χ4v) is 3.36. The molecule has 0 amide bonds. The molecule has 1 saturated heterocycles. The zero-order chi connectivity index (χ0) is 13.8. The quantitative estimate of drug-likeness (QED) is 0.887. The number of hydrogen-bond donors (Lipinski definition) is 1. The van der Waals surface area contributed by atoms with E-state index in [0.29, 0.717) is 6.54 Å². The molecule has 0 aromatic carbocycles. The number of nitrogens with two attached hydrogens (primary N) is 1. The topological polar surface area (TPSA) is 47.1 Å². The molecule has 108 valence electrons. The van der Waals surface area contributed by atoms with E-state index in [2.05, 4.69) is 30.9 Å². The van der Waals surface area contributed by atoms with Gasteiger partial charge in [-0.05, 0) is 38.6 Å². The Morgan fingerprint density at radius 3 is 2.58 bits per heavy atom. The van der Waals surface area contributed by atoms with Crippen LogP contribution in [0.3, 0.4) is 0 Å². The molecule has 1 aliphatic rings. The van der Waals surface area contributed by atoms with Crippen LogP contribution in [0.2, 0.25) is 0 Å². The highest BCUT2D eigenvalue weighted by Crippen LogP contribution is 2.29. The van der Waals surface area contributed by atoms with Gasteiger partial charge in [0.2, 0.25) is 0 Å². The Morgan fingerprint density at radius 1 is 1.32 bits per heavy atom. The van der Waals surface area contributed by atoms with Crippen molar-refractivity contribution >= 4 is 5.82 Å². The zero-order valence-corrected chi connectivity index (χ0v) is 12.7. The van der Waals surface area contributed by atoms with E-state index in [1.165, 1.54) is 50.2 Å². The molecule has 1 aromatic heterocycles. The summed E-state index contributed by atoms with van der Waals surface area (Å²) in [4.78, 5) is 2.51. The first-order valence-corrected chi connectivity index (χ1v) is 7.64. The molecule has 0 saturated carbocycles. The first kappa shape index (κ1) is 14.4. The van der Waals surface area contributed by atoms with Crippen molar-refractivity contribution in [1.29, 1.82) is 0 Å². The van der Waals surface area contributed by atoms with Crippen molar-refractivity contribution in [3.63, 3.8) is 0 Å². The zero-order valence-electron chi connectivity index (χ0n) is 12.7. The van der Waals surface area contributed by atoms with Crippen LogP contribution in [0.1, 0.15) is 43.9 Å². The molecule has 19 heavy (non-hydrogen) atoms. The first-order valence-electron chi connectivity index (χ1n) is 7.64. The summed E-state index contributed by atoms with van der Waals surface area (Å²) < 4.78 is 2.04. The van der Waals surface area contributed by atoms with Gasteiger partial charge in [0.05, 0.1) is 5.69 Å². The van der Waals surface area contributed by atoms with Crippen LogP contribution in [0.15, 0.2) is 0 Å². The van der Waals surface area contributed by atoms with Crippen molar-refractivity contribution < 1.29 is 0 Å². The van der Waals surface area contributed by atoms with Gasteiger partial charge < -0.3 is 10.6 Å². The molecule has 1 aliphatic heterocycles. The predicted octanol–water partition coefficient (Wildman–Crippen LogP) is 2.25. The minimum atomic E-state index is 0.700. The molecule has 0 aliphatic carbocycles. The minimum absolute atomic E-state index is 0.700. The van der Waals surface area contributed by atoms with Gasteiger partial charge in [0.25, 0.3) is 0 Å². The highest BCUT2D eigenvalue weighted by atomic mass is 15.4. The molecule has 2 heterocycles. The van der Waals surface area contributed by atoms with Crippen molar-refractivity contribution in [2.45, 2.75) is 46.0 Å². The highest BCUT2D eigenvalue weighted by molar-refractivity contribution is 5.50. The van der Waals surface area contributed by atoms with Gasteiger partial charge in [-0.25, -0.2) is 0 Å². The average Bonchev–Trinajstić information content (AvgIpc) is 2.67. The Bertz CT molecular complexity index is 403.